The van der Waals surface area contributed by atoms with Crippen LogP contribution in [0, 0.1) is 55.4 Å². The number of hydrogen-bond acceptors (Lipinski definition) is 8. The Morgan fingerprint density at radius 3 is 1.53 bits per heavy atom. The molecule has 0 radical (unpaired) electrons. The molecule has 0 amide bonds. The number of unbranched alkanes of at least 4 members (excludes halogenated alkanes) is 2. The molecule has 4 aromatic heterocycles. The lowest BCUT2D eigenvalue weighted by atomic mass is 10.1. The summed E-state index contributed by atoms with van der Waals surface area (Å²) in [6.07, 6.45) is 8.17. The van der Waals surface area contributed by atoms with Crippen molar-refractivity contribution in [3.8, 4) is 24.2 Å². The number of carbonyl (C=O) groups excluding carboxylic acids is 4. The standard InChI is InChI=1S/C19H24N4O2.C11H14N2O.C8H11IN2O/c1-6-22-19(16(5)25)17(14(3)21-22)10-8-7-9-11-23-18(15(4)24)12-13(2)20-23;1-4-5-6-7-13-11(10(3)14)8-9(2)12-13;1-4-11-8(6(3)12)7(9)5(2)10-11/h12H,6-7,9,11H2,1-5H3;1,8H,5-7H2,2-3H3;4H2,1-3H3. The van der Waals surface area contributed by atoms with Crippen LogP contribution in [0.2, 0.25) is 0 Å². The van der Waals surface area contributed by atoms with Gasteiger partial charge in [0.25, 0.3) is 0 Å². The van der Waals surface area contributed by atoms with Gasteiger partial charge in [0.2, 0.25) is 0 Å². The monoisotopic (exact) mass is 808 g/mol. The molecule has 0 aromatic carbocycles. The van der Waals surface area contributed by atoms with E-state index in [2.05, 4.69) is 60.7 Å². The largest absolute Gasteiger partial charge is 0.293 e. The summed E-state index contributed by atoms with van der Waals surface area (Å²) in [4.78, 5) is 45.9. The number of terminal acetylenes is 1. The van der Waals surface area contributed by atoms with Gasteiger partial charge in [-0.05, 0) is 89.1 Å². The van der Waals surface area contributed by atoms with E-state index in [9.17, 15) is 19.2 Å². The molecule has 0 atom stereocenters. The predicted octanol–water partition coefficient (Wildman–Crippen LogP) is 6.78. The zero-order chi connectivity index (χ0) is 38.4. The van der Waals surface area contributed by atoms with E-state index in [1.165, 1.54) is 6.92 Å². The molecule has 4 rings (SSSR count). The highest BCUT2D eigenvalue weighted by molar-refractivity contribution is 14.1. The predicted molar refractivity (Wildman–Crippen MR) is 206 cm³/mol. The highest BCUT2D eigenvalue weighted by atomic mass is 127. The van der Waals surface area contributed by atoms with Gasteiger partial charge in [0.15, 0.2) is 23.1 Å². The minimum absolute atomic E-state index is 0.0142. The molecule has 0 saturated heterocycles. The highest BCUT2D eigenvalue weighted by Gasteiger charge is 2.17. The summed E-state index contributed by atoms with van der Waals surface area (Å²) in [5.41, 5.74) is 6.74. The van der Waals surface area contributed by atoms with Crippen LogP contribution in [-0.2, 0) is 26.2 Å². The van der Waals surface area contributed by atoms with Crippen molar-refractivity contribution in [3.63, 3.8) is 0 Å². The van der Waals surface area contributed by atoms with Crippen LogP contribution in [0.1, 0.15) is 138 Å². The molecule has 0 aliphatic rings. The van der Waals surface area contributed by atoms with Crippen molar-refractivity contribution in [1.29, 1.82) is 0 Å². The number of hydrogen-bond donors (Lipinski definition) is 0. The van der Waals surface area contributed by atoms with Gasteiger partial charge < -0.3 is 0 Å². The lowest BCUT2D eigenvalue weighted by Gasteiger charge is -2.02. The fraction of sp³-hybridized carbons (Fsp3) is 0.474. The molecule has 0 aliphatic heterocycles. The molecule has 0 unspecified atom stereocenters. The maximum atomic E-state index is 11.9. The number of aromatic nitrogens is 8. The van der Waals surface area contributed by atoms with Gasteiger partial charge in [0, 0.05) is 66.7 Å². The summed E-state index contributed by atoms with van der Waals surface area (Å²) in [5, 5.41) is 17.2. The van der Waals surface area contributed by atoms with E-state index in [4.69, 9.17) is 6.42 Å². The molecule has 0 spiro atoms. The second kappa shape index (κ2) is 20.3. The third-order valence-corrected chi connectivity index (χ3v) is 8.84. The first-order chi connectivity index (χ1) is 24.1. The minimum Gasteiger partial charge on any atom is -0.293 e. The molecule has 51 heavy (non-hydrogen) atoms. The van der Waals surface area contributed by atoms with E-state index in [0.717, 1.165) is 57.8 Å². The van der Waals surface area contributed by atoms with Gasteiger partial charge in [-0.3, -0.25) is 37.9 Å². The van der Waals surface area contributed by atoms with Gasteiger partial charge in [-0.2, -0.15) is 20.4 Å². The summed E-state index contributed by atoms with van der Waals surface area (Å²) in [7, 11) is 0. The van der Waals surface area contributed by atoms with Crippen LogP contribution in [0.3, 0.4) is 0 Å². The average Bonchev–Trinajstić information content (AvgIpc) is 3.80. The molecule has 4 heterocycles. The van der Waals surface area contributed by atoms with E-state index in [-0.39, 0.29) is 23.1 Å². The lowest BCUT2D eigenvalue weighted by molar-refractivity contribution is 0.0994. The molecule has 12 nitrogen and oxygen atoms in total. The number of Topliss-reactive ketones (excluding diaryl/α,β-unsaturated/α-hetero) is 4. The van der Waals surface area contributed by atoms with Crippen LogP contribution >= 0.6 is 22.6 Å². The number of rotatable bonds is 12. The third kappa shape index (κ3) is 12.0. The summed E-state index contributed by atoms with van der Waals surface area (Å²) >= 11 is 2.16. The Bertz CT molecular complexity index is 1970. The molecule has 4 aromatic rings. The van der Waals surface area contributed by atoms with E-state index in [1.807, 2.05) is 41.5 Å². The zero-order valence-corrected chi connectivity index (χ0v) is 33.6. The number of halogens is 1. The Morgan fingerprint density at radius 1 is 0.667 bits per heavy atom. The fourth-order valence-corrected chi connectivity index (χ4v) is 6.01. The third-order valence-electron chi connectivity index (χ3n) is 7.55. The Labute approximate surface area is 314 Å². The average molecular weight is 809 g/mol. The van der Waals surface area contributed by atoms with Gasteiger partial charge in [-0.15, -0.1) is 12.3 Å². The number of nitrogens with zero attached hydrogens (tertiary/aromatic N) is 8. The molecular weight excluding hydrogens is 759 g/mol. The summed E-state index contributed by atoms with van der Waals surface area (Å²) < 4.78 is 7.89. The van der Waals surface area contributed by atoms with Crippen LogP contribution in [0.15, 0.2) is 12.1 Å². The van der Waals surface area contributed by atoms with Crippen LogP contribution < -0.4 is 0 Å². The molecule has 0 fully saturated rings. The van der Waals surface area contributed by atoms with E-state index in [1.54, 1.807) is 51.6 Å². The van der Waals surface area contributed by atoms with Gasteiger partial charge >= 0.3 is 0 Å². The van der Waals surface area contributed by atoms with Crippen molar-refractivity contribution in [2.75, 3.05) is 0 Å². The van der Waals surface area contributed by atoms with E-state index in [0.29, 0.717) is 48.7 Å². The van der Waals surface area contributed by atoms with Gasteiger partial charge in [0.1, 0.15) is 22.8 Å². The quantitative estimate of drug-likeness (QED) is 0.0661. The summed E-state index contributed by atoms with van der Waals surface area (Å²) in [6, 6.07) is 3.61. The van der Waals surface area contributed by atoms with Crippen molar-refractivity contribution in [3.05, 3.63) is 66.8 Å². The maximum absolute atomic E-state index is 11.9. The first kappa shape index (κ1) is 42.5. The van der Waals surface area contributed by atoms with Crippen LogP contribution in [0.4, 0.5) is 0 Å². The SMILES string of the molecule is C#CCCCn1nc(C)cc1C(C)=O.CCn1nc(C)c(C#CCCCn2nc(C)cc2C(C)=O)c1C(C)=O.CCn1nc(C)c(I)c1C(C)=O. The lowest BCUT2D eigenvalue weighted by Crippen LogP contribution is -2.08. The first-order valence-corrected chi connectivity index (χ1v) is 18.0. The number of aryl methyl sites for hydroxylation is 8. The smallest absolute Gasteiger partial charge is 0.179 e. The minimum atomic E-state index is -0.0233. The Morgan fingerprint density at radius 2 is 1.12 bits per heavy atom. The highest BCUT2D eigenvalue weighted by Crippen LogP contribution is 2.17. The van der Waals surface area contributed by atoms with Crippen molar-refractivity contribution < 1.29 is 19.2 Å². The Kier molecular flexibility index (Phi) is 16.9. The first-order valence-electron chi connectivity index (χ1n) is 16.9. The van der Waals surface area contributed by atoms with E-state index >= 15 is 0 Å². The zero-order valence-electron chi connectivity index (χ0n) is 31.5. The molecule has 13 heteroatoms. The summed E-state index contributed by atoms with van der Waals surface area (Å²) in [6.45, 7) is 20.4. The van der Waals surface area contributed by atoms with Gasteiger partial charge in [-0.25, -0.2) is 0 Å². The Balaban J connectivity index is 0.000000292. The second-order valence-electron chi connectivity index (χ2n) is 11.9. The van der Waals surface area contributed by atoms with Crippen molar-refractivity contribution in [1.82, 2.24) is 39.1 Å². The van der Waals surface area contributed by atoms with Crippen molar-refractivity contribution in [2.45, 2.75) is 121 Å². The molecule has 0 saturated carbocycles. The second-order valence-corrected chi connectivity index (χ2v) is 13.0. The van der Waals surface area contributed by atoms with Crippen molar-refractivity contribution in [2.24, 2.45) is 0 Å². The van der Waals surface area contributed by atoms with Crippen LogP contribution in [0.5, 0.6) is 0 Å². The van der Waals surface area contributed by atoms with Crippen LogP contribution in [0.25, 0.3) is 0 Å². The summed E-state index contributed by atoms with van der Waals surface area (Å²) in [5.74, 6) is 8.91. The number of carbonyl (C=O) groups is 4. The molecule has 0 aliphatic carbocycles. The van der Waals surface area contributed by atoms with Crippen molar-refractivity contribution >= 4 is 45.7 Å². The number of ketones is 4. The Hall–Kier alpha value is -4.63. The maximum Gasteiger partial charge on any atom is 0.179 e. The topological polar surface area (TPSA) is 140 Å². The molecule has 0 bridgehead atoms. The molecule has 0 N–H and O–H groups in total. The van der Waals surface area contributed by atoms with E-state index < -0.39 is 0 Å². The normalized spacial score (nSPS) is 10.2. The van der Waals surface area contributed by atoms with Crippen LogP contribution in [-0.4, -0.2) is 62.3 Å². The molecule has 272 valence electrons. The molecular formula is C38H49IN8O4. The fourth-order valence-electron chi connectivity index (χ4n) is 5.24. The van der Waals surface area contributed by atoms with Gasteiger partial charge in [0.05, 0.1) is 31.9 Å². The van der Waals surface area contributed by atoms with Gasteiger partial charge in [-0.1, -0.05) is 11.8 Å².